The van der Waals surface area contributed by atoms with Crippen LogP contribution in [0.1, 0.15) is 5.82 Å². The Morgan fingerprint density at radius 2 is 1.81 bits per heavy atom. The number of hydrogen-bond donors (Lipinski definition) is 0. The highest BCUT2D eigenvalue weighted by atomic mass is 79.9. The van der Waals surface area contributed by atoms with Gasteiger partial charge < -0.3 is 0 Å². The van der Waals surface area contributed by atoms with Gasteiger partial charge in [-0.05, 0) is 30.3 Å². The Balaban J connectivity index is 2.45. The number of aromatic nitrogens is 2. The highest BCUT2D eigenvalue weighted by Gasteiger charge is 2.20. The first-order valence-electron chi connectivity index (χ1n) is 5.89. The highest BCUT2D eigenvalue weighted by Crippen LogP contribution is 2.29. The molecule has 1 heterocycles. The van der Waals surface area contributed by atoms with Crippen LogP contribution in [0.4, 0.5) is 13.2 Å². The van der Waals surface area contributed by atoms with Crippen molar-refractivity contribution in [2.24, 2.45) is 0 Å². The van der Waals surface area contributed by atoms with Gasteiger partial charge in [-0.3, -0.25) is 4.57 Å². The van der Waals surface area contributed by atoms with Gasteiger partial charge in [-0.2, -0.15) is 0 Å². The van der Waals surface area contributed by atoms with Crippen molar-refractivity contribution in [3.8, 4) is 5.69 Å². The lowest BCUT2D eigenvalue weighted by molar-refractivity contribution is 0.513. The number of imidazole rings is 1. The van der Waals surface area contributed by atoms with Gasteiger partial charge in [0.15, 0.2) is 11.6 Å². The van der Waals surface area contributed by atoms with E-state index in [4.69, 9.17) is 11.6 Å². The van der Waals surface area contributed by atoms with Crippen molar-refractivity contribution in [1.29, 1.82) is 0 Å². The van der Waals surface area contributed by atoms with Crippen molar-refractivity contribution < 1.29 is 13.2 Å². The van der Waals surface area contributed by atoms with Crippen LogP contribution >= 0.6 is 27.5 Å². The molecule has 21 heavy (non-hydrogen) atoms. The van der Waals surface area contributed by atoms with Crippen molar-refractivity contribution in [3.05, 3.63) is 58.1 Å². The van der Waals surface area contributed by atoms with Crippen molar-refractivity contribution >= 4 is 38.6 Å². The lowest BCUT2D eigenvalue weighted by Gasteiger charge is -2.10. The largest absolute Gasteiger partial charge is 0.289 e. The summed E-state index contributed by atoms with van der Waals surface area (Å²) >= 11 is 9.03. The molecule has 0 amide bonds. The monoisotopic (exact) mass is 374 g/mol. The SMILES string of the molecule is Fc1ccc(Br)cc1-n1c(CCl)nc2ccc(F)c(F)c21. The minimum Gasteiger partial charge on any atom is -0.289 e. The molecule has 0 aliphatic carbocycles. The molecule has 0 radical (unpaired) electrons. The molecule has 0 saturated heterocycles. The van der Waals surface area contributed by atoms with E-state index in [0.29, 0.717) is 4.47 Å². The fourth-order valence-corrected chi connectivity index (χ4v) is 2.69. The molecule has 0 aliphatic heterocycles. The predicted molar refractivity (Wildman–Crippen MR) is 78.2 cm³/mol. The molecule has 3 rings (SSSR count). The highest BCUT2D eigenvalue weighted by molar-refractivity contribution is 9.10. The van der Waals surface area contributed by atoms with E-state index in [1.54, 1.807) is 0 Å². The molecule has 0 N–H and O–H groups in total. The van der Waals surface area contributed by atoms with Crippen LogP contribution in [-0.2, 0) is 5.88 Å². The van der Waals surface area contributed by atoms with Crippen LogP contribution in [0.3, 0.4) is 0 Å². The Bertz CT molecular complexity index is 848. The van der Waals surface area contributed by atoms with Crippen LogP contribution in [0.5, 0.6) is 0 Å². The number of benzene rings is 2. The van der Waals surface area contributed by atoms with Gasteiger partial charge in [0.2, 0.25) is 0 Å². The molecule has 0 unspecified atom stereocenters. The Morgan fingerprint density at radius 3 is 2.52 bits per heavy atom. The molecule has 3 aromatic rings. The zero-order chi connectivity index (χ0) is 15.1. The fraction of sp³-hybridized carbons (Fsp3) is 0.0714. The molecule has 7 heteroatoms. The molecule has 0 bridgehead atoms. The predicted octanol–water partition coefficient (Wildman–Crippen LogP) is 4.94. The van der Waals surface area contributed by atoms with Crippen LogP contribution in [-0.4, -0.2) is 9.55 Å². The van der Waals surface area contributed by atoms with Crippen molar-refractivity contribution in [2.45, 2.75) is 5.88 Å². The van der Waals surface area contributed by atoms with E-state index in [9.17, 15) is 13.2 Å². The van der Waals surface area contributed by atoms with E-state index in [1.165, 1.54) is 28.8 Å². The molecule has 108 valence electrons. The molecule has 1 aromatic heterocycles. The van der Waals surface area contributed by atoms with Gasteiger partial charge in [0.25, 0.3) is 0 Å². The third kappa shape index (κ3) is 2.32. The van der Waals surface area contributed by atoms with Crippen LogP contribution in [0, 0.1) is 17.5 Å². The Morgan fingerprint density at radius 1 is 1.10 bits per heavy atom. The zero-order valence-corrected chi connectivity index (χ0v) is 12.7. The van der Waals surface area contributed by atoms with Crippen molar-refractivity contribution in [1.82, 2.24) is 9.55 Å². The summed E-state index contributed by atoms with van der Waals surface area (Å²) in [5.74, 6) is -2.54. The third-order valence-electron chi connectivity index (χ3n) is 3.05. The summed E-state index contributed by atoms with van der Waals surface area (Å²) in [6.45, 7) is 0. The third-order valence-corrected chi connectivity index (χ3v) is 3.78. The summed E-state index contributed by atoms with van der Waals surface area (Å²) in [5.41, 5.74) is 0.124. The number of fused-ring (bicyclic) bond motifs is 1. The second-order valence-electron chi connectivity index (χ2n) is 4.32. The maximum Gasteiger partial charge on any atom is 0.185 e. The molecule has 0 spiro atoms. The quantitative estimate of drug-likeness (QED) is 0.580. The lowest BCUT2D eigenvalue weighted by atomic mass is 10.2. The van der Waals surface area contributed by atoms with Gasteiger partial charge in [0.05, 0.1) is 17.1 Å². The van der Waals surface area contributed by atoms with Crippen LogP contribution < -0.4 is 0 Å². The van der Waals surface area contributed by atoms with E-state index in [1.807, 2.05) is 0 Å². The molecular weight excluding hydrogens is 369 g/mol. The normalized spacial score (nSPS) is 11.3. The van der Waals surface area contributed by atoms with E-state index < -0.39 is 17.5 Å². The maximum atomic E-state index is 14.1. The van der Waals surface area contributed by atoms with Crippen LogP contribution in [0.25, 0.3) is 16.7 Å². The molecule has 0 atom stereocenters. The molecule has 2 aromatic carbocycles. The van der Waals surface area contributed by atoms with Gasteiger partial charge in [-0.25, -0.2) is 18.2 Å². The number of rotatable bonds is 2. The summed E-state index contributed by atoms with van der Waals surface area (Å²) < 4.78 is 43.5. The minimum absolute atomic E-state index is 0.0482. The van der Waals surface area contributed by atoms with Crippen LogP contribution in [0.2, 0.25) is 0 Å². The van der Waals surface area contributed by atoms with Crippen LogP contribution in [0.15, 0.2) is 34.8 Å². The van der Waals surface area contributed by atoms with E-state index in [2.05, 4.69) is 20.9 Å². The standard InChI is InChI=1S/C14H7BrClF3N2/c15-7-1-2-8(17)11(5-7)21-12(6-16)20-10-4-3-9(18)13(19)14(10)21/h1-5H,6H2. The number of nitrogens with zero attached hydrogens (tertiary/aromatic N) is 2. The maximum absolute atomic E-state index is 14.1. The molecule has 0 aliphatic rings. The first-order valence-corrected chi connectivity index (χ1v) is 7.22. The smallest absolute Gasteiger partial charge is 0.185 e. The average Bonchev–Trinajstić information content (AvgIpc) is 2.84. The number of alkyl halides is 1. The summed E-state index contributed by atoms with van der Waals surface area (Å²) in [6.07, 6.45) is 0. The number of halogens is 5. The Kier molecular flexibility index (Phi) is 3.67. The second kappa shape index (κ2) is 5.35. The summed E-state index contributed by atoms with van der Waals surface area (Å²) in [5, 5.41) is 0. The molecule has 0 saturated carbocycles. The van der Waals surface area contributed by atoms with Crippen molar-refractivity contribution in [2.75, 3.05) is 0 Å². The average molecular weight is 376 g/mol. The minimum atomic E-state index is -1.09. The number of hydrogen-bond acceptors (Lipinski definition) is 1. The molecule has 2 nitrogen and oxygen atoms in total. The van der Waals surface area contributed by atoms with E-state index >= 15 is 0 Å². The fourth-order valence-electron chi connectivity index (χ4n) is 2.16. The zero-order valence-electron chi connectivity index (χ0n) is 10.4. The van der Waals surface area contributed by atoms with Gasteiger partial charge in [-0.1, -0.05) is 15.9 Å². The summed E-state index contributed by atoms with van der Waals surface area (Å²) in [4.78, 5) is 4.12. The van der Waals surface area contributed by atoms with Gasteiger partial charge in [0, 0.05) is 4.47 Å². The first-order chi connectivity index (χ1) is 10.0. The molecular formula is C14H7BrClF3N2. The molecule has 0 fully saturated rings. The second-order valence-corrected chi connectivity index (χ2v) is 5.50. The topological polar surface area (TPSA) is 17.8 Å². The van der Waals surface area contributed by atoms with Gasteiger partial charge >= 0.3 is 0 Å². The summed E-state index contributed by atoms with van der Waals surface area (Å²) in [7, 11) is 0. The Hall–Kier alpha value is -1.53. The Labute approximate surface area is 131 Å². The van der Waals surface area contributed by atoms with Gasteiger partial charge in [-0.15, -0.1) is 11.6 Å². The van der Waals surface area contributed by atoms with Gasteiger partial charge in [0.1, 0.15) is 17.2 Å². The summed E-state index contributed by atoms with van der Waals surface area (Å²) in [6, 6.07) is 6.49. The van der Waals surface area contributed by atoms with E-state index in [-0.39, 0.29) is 28.4 Å². The van der Waals surface area contributed by atoms with Crippen molar-refractivity contribution in [3.63, 3.8) is 0 Å². The lowest BCUT2D eigenvalue weighted by Crippen LogP contribution is -2.04. The van der Waals surface area contributed by atoms with E-state index in [0.717, 1.165) is 6.07 Å². The first kappa shape index (κ1) is 14.4.